The summed E-state index contributed by atoms with van der Waals surface area (Å²) in [6.07, 6.45) is 1.32. The zero-order valence-corrected chi connectivity index (χ0v) is 19.1. The van der Waals surface area contributed by atoms with Crippen molar-refractivity contribution >= 4 is 22.9 Å². The number of rotatable bonds is 5. The maximum atomic E-state index is 12.7. The van der Waals surface area contributed by atoms with Gasteiger partial charge in [0.2, 0.25) is 17.6 Å². The molecule has 1 saturated heterocycles. The Morgan fingerprint density at radius 2 is 1.84 bits per heavy atom. The summed E-state index contributed by atoms with van der Waals surface area (Å²) in [5.41, 5.74) is 6.24. The average molecular weight is 445 g/mol. The highest BCUT2D eigenvalue weighted by atomic mass is 32.1. The van der Waals surface area contributed by atoms with Gasteiger partial charge in [0.25, 0.3) is 0 Å². The van der Waals surface area contributed by atoms with Crippen LogP contribution in [0.5, 0.6) is 0 Å². The summed E-state index contributed by atoms with van der Waals surface area (Å²) in [6, 6.07) is 14.1. The first kappa shape index (κ1) is 20.6. The molecule has 1 fully saturated rings. The minimum Gasteiger partial charge on any atom is -0.339 e. The van der Waals surface area contributed by atoms with Gasteiger partial charge in [-0.25, -0.2) is 4.98 Å². The predicted molar refractivity (Wildman–Crippen MR) is 126 cm³/mol. The van der Waals surface area contributed by atoms with Crippen LogP contribution in [0.3, 0.4) is 0 Å². The number of aromatic nitrogens is 3. The third-order valence-corrected chi connectivity index (χ3v) is 7.00. The number of thiazole rings is 1. The van der Waals surface area contributed by atoms with Crippen molar-refractivity contribution in [3.8, 4) is 22.6 Å². The second-order valence-electron chi connectivity index (χ2n) is 8.19. The summed E-state index contributed by atoms with van der Waals surface area (Å²) in [7, 11) is 0. The zero-order valence-electron chi connectivity index (χ0n) is 18.3. The van der Waals surface area contributed by atoms with Gasteiger partial charge in [-0.1, -0.05) is 42.4 Å². The monoisotopic (exact) mass is 444 g/mol. The molecule has 162 valence electrons. The number of aryl methyl sites for hydroxylation is 3. The maximum absolute atomic E-state index is 12.7. The van der Waals surface area contributed by atoms with Crippen molar-refractivity contribution in [1.82, 2.24) is 15.1 Å². The molecule has 5 rings (SSSR count). The number of amides is 1. The largest absolute Gasteiger partial charge is 0.339 e. The third-order valence-electron chi connectivity index (χ3n) is 6.01. The molecule has 0 N–H and O–H groups in total. The van der Waals surface area contributed by atoms with Gasteiger partial charge in [0.15, 0.2) is 0 Å². The molecule has 3 heterocycles. The molecule has 0 radical (unpaired) electrons. The van der Waals surface area contributed by atoms with Gasteiger partial charge < -0.3 is 9.42 Å². The number of carbonyl (C=O) groups excluding carboxylic acids is 1. The Kier molecular flexibility index (Phi) is 5.35. The first-order valence-electron chi connectivity index (χ1n) is 10.8. The van der Waals surface area contributed by atoms with Crippen LogP contribution in [0.15, 0.2) is 52.4 Å². The lowest BCUT2D eigenvalue weighted by Gasteiger charge is -2.17. The van der Waals surface area contributed by atoms with Crippen molar-refractivity contribution in [2.45, 2.75) is 39.5 Å². The summed E-state index contributed by atoms with van der Waals surface area (Å²) in [4.78, 5) is 23.7. The van der Waals surface area contributed by atoms with E-state index in [9.17, 15) is 4.79 Å². The van der Waals surface area contributed by atoms with Crippen LogP contribution in [0.4, 0.5) is 5.69 Å². The molecule has 32 heavy (non-hydrogen) atoms. The first-order valence-corrected chi connectivity index (χ1v) is 11.7. The second-order valence-corrected chi connectivity index (χ2v) is 9.13. The molecule has 6 nitrogen and oxygen atoms in total. The molecule has 2 aromatic heterocycles. The third kappa shape index (κ3) is 3.84. The standard InChI is InChI=1S/C25H24N4O2S/c1-4-22-26-21(14-32-22)17-6-8-18(9-7-17)24-27-25(31-28-24)19-12-23(30)29(13-19)20-10-5-15(2)16(3)11-20/h5-11,14,19H,4,12-13H2,1-3H3. The van der Waals surface area contributed by atoms with Crippen molar-refractivity contribution in [2.75, 3.05) is 11.4 Å². The highest BCUT2D eigenvalue weighted by Gasteiger charge is 2.35. The molecule has 2 aromatic carbocycles. The van der Waals surface area contributed by atoms with Gasteiger partial charge >= 0.3 is 0 Å². The van der Waals surface area contributed by atoms with Crippen LogP contribution < -0.4 is 4.90 Å². The van der Waals surface area contributed by atoms with E-state index in [1.165, 1.54) is 11.1 Å². The van der Waals surface area contributed by atoms with Crippen LogP contribution in [0, 0.1) is 13.8 Å². The Morgan fingerprint density at radius 1 is 1.06 bits per heavy atom. The Balaban J connectivity index is 1.32. The summed E-state index contributed by atoms with van der Waals surface area (Å²) >= 11 is 1.68. The predicted octanol–water partition coefficient (Wildman–Crippen LogP) is 5.56. The fourth-order valence-corrected chi connectivity index (χ4v) is 4.68. The van der Waals surface area contributed by atoms with Crippen molar-refractivity contribution in [2.24, 2.45) is 0 Å². The fraction of sp³-hybridized carbons (Fsp3) is 0.280. The molecule has 4 aromatic rings. The van der Waals surface area contributed by atoms with Crippen LogP contribution in [0.1, 0.15) is 41.3 Å². The average Bonchev–Trinajstić information content (AvgIpc) is 3.55. The van der Waals surface area contributed by atoms with Gasteiger partial charge in [0, 0.05) is 35.2 Å². The van der Waals surface area contributed by atoms with E-state index in [-0.39, 0.29) is 11.8 Å². The normalized spacial score (nSPS) is 16.2. The molecule has 1 aliphatic heterocycles. The summed E-state index contributed by atoms with van der Waals surface area (Å²) < 4.78 is 5.56. The Hall–Kier alpha value is -3.32. The van der Waals surface area contributed by atoms with E-state index in [4.69, 9.17) is 4.52 Å². The number of hydrogen-bond donors (Lipinski definition) is 0. The lowest BCUT2D eigenvalue weighted by atomic mass is 10.1. The lowest BCUT2D eigenvalue weighted by molar-refractivity contribution is -0.117. The van der Waals surface area contributed by atoms with E-state index in [1.54, 1.807) is 11.3 Å². The number of carbonyl (C=O) groups is 1. The molecular formula is C25H24N4O2S. The molecule has 0 bridgehead atoms. The van der Waals surface area contributed by atoms with Crippen LogP contribution in [0.2, 0.25) is 0 Å². The van der Waals surface area contributed by atoms with Crippen LogP contribution in [0.25, 0.3) is 22.6 Å². The smallest absolute Gasteiger partial charge is 0.232 e. The number of nitrogens with zero attached hydrogens (tertiary/aromatic N) is 4. The van der Waals surface area contributed by atoms with Crippen LogP contribution in [-0.4, -0.2) is 27.6 Å². The topological polar surface area (TPSA) is 72.1 Å². The molecule has 1 amide bonds. The zero-order chi connectivity index (χ0) is 22.2. The SMILES string of the molecule is CCc1nc(-c2ccc(-c3noc(C4CC(=O)N(c5ccc(C)c(C)c5)C4)n3)cc2)cs1. The van der Waals surface area contributed by atoms with Crippen LogP contribution in [-0.2, 0) is 11.2 Å². The molecule has 0 aliphatic carbocycles. The maximum Gasteiger partial charge on any atom is 0.232 e. The van der Waals surface area contributed by atoms with Gasteiger partial charge in [-0.15, -0.1) is 11.3 Å². The number of benzene rings is 2. The van der Waals surface area contributed by atoms with Crippen molar-refractivity contribution < 1.29 is 9.32 Å². The Bertz CT molecular complexity index is 1280. The van der Waals surface area contributed by atoms with E-state index < -0.39 is 0 Å². The molecule has 1 atom stereocenters. The molecule has 1 unspecified atom stereocenters. The Morgan fingerprint density at radius 3 is 2.56 bits per heavy atom. The summed E-state index contributed by atoms with van der Waals surface area (Å²) in [6.45, 7) is 6.78. The minimum atomic E-state index is -0.105. The quantitative estimate of drug-likeness (QED) is 0.403. The number of anilines is 1. The highest BCUT2D eigenvalue weighted by Crippen LogP contribution is 2.33. The van der Waals surface area contributed by atoms with E-state index >= 15 is 0 Å². The molecule has 0 spiro atoms. The molecular weight excluding hydrogens is 420 g/mol. The van der Waals surface area contributed by atoms with E-state index in [0.717, 1.165) is 33.9 Å². The molecule has 7 heteroatoms. The summed E-state index contributed by atoms with van der Waals surface area (Å²) in [5.74, 6) is 1.02. The summed E-state index contributed by atoms with van der Waals surface area (Å²) in [5, 5.41) is 7.38. The lowest BCUT2D eigenvalue weighted by Crippen LogP contribution is -2.24. The number of hydrogen-bond acceptors (Lipinski definition) is 6. The van der Waals surface area contributed by atoms with Gasteiger partial charge in [-0.2, -0.15) is 4.98 Å². The molecule has 0 saturated carbocycles. The van der Waals surface area contributed by atoms with E-state index in [0.29, 0.717) is 24.7 Å². The highest BCUT2D eigenvalue weighted by molar-refractivity contribution is 7.09. The van der Waals surface area contributed by atoms with Crippen molar-refractivity contribution in [3.05, 3.63) is 69.9 Å². The van der Waals surface area contributed by atoms with Gasteiger partial charge in [-0.3, -0.25) is 4.79 Å². The van der Waals surface area contributed by atoms with E-state index in [2.05, 4.69) is 53.4 Å². The fourth-order valence-electron chi connectivity index (χ4n) is 3.93. The van der Waals surface area contributed by atoms with Crippen molar-refractivity contribution in [3.63, 3.8) is 0 Å². The van der Waals surface area contributed by atoms with E-state index in [1.807, 2.05) is 35.2 Å². The van der Waals surface area contributed by atoms with Gasteiger partial charge in [0.1, 0.15) is 0 Å². The van der Waals surface area contributed by atoms with Gasteiger partial charge in [-0.05, 0) is 43.5 Å². The van der Waals surface area contributed by atoms with Crippen molar-refractivity contribution in [1.29, 1.82) is 0 Å². The minimum absolute atomic E-state index is 0.0806. The van der Waals surface area contributed by atoms with Gasteiger partial charge in [0.05, 0.1) is 16.6 Å². The molecule has 1 aliphatic rings. The second kappa shape index (κ2) is 8.31. The first-order chi connectivity index (χ1) is 15.5. The van der Waals surface area contributed by atoms with Crippen LogP contribution >= 0.6 is 11.3 Å². The Labute approximate surface area is 190 Å².